The third-order valence-corrected chi connectivity index (χ3v) is 9.80. The van der Waals surface area contributed by atoms with Crippen LogP contribution in [0.25, 0.3) is 27.5 Å². The summed E-state index contributed by atoms with van der Waals surface area (Å²) in [6.45, 7) is 4.02. The molecule has 2 heterocycles. The van der Waals surface area contributed by atoms with Crippen LogP contribution in [0.5, 0.6) is 0 Å². The van der Waals surface area contributed by atoms with Gasteiger partial charge in [-0.2, -0.15) is 5.10 Å². The molecule has 0 unspecified atom stereocenters. The molecule has 0 saturated heterocycles. The van der Waals surface area contributed by atoms with E-state index in [4.69, 9.17) is 10.2 Å². The highest BCUT2D eigenvalue weighted by Gasteiger charge is 2.34. The number of hydrogen-bond acceptors (Lipinski definition) is 5. The van der Waals surface area contributed by atoms with Gasteiger partial charge in [0.15, 0.2) is 5.69 Å². The molecule has 0 atom stereocenters. The lowest BCUT2D eigenvalue weighted by Crippen LogP contribution is -2.22. The van der Waals surface area contributed by atoms with E-state index in [1.807, 2.05) is 23.7 Å². The molecule has 0 aliphatic heterocycles. The Morgan fingerprint density at radius 3 is 2.41 bits per heavy atom. The van der Waals surface area contributed by atoms with E-state index < -0.39 is 16.1 Å². The molecule has 3 N–H and O–H groups in total. The summed E-state index contributed by atoms with van der Waals surface area (Å²) in [5.41, 5.74) is 9.45. The fourth-order valence-corrected chi connectivity index (χ4v) is 7.27. The van der Waals surface area contributed by atoms with E-state index >= 15 is 0 Å². The molecule has 7 nitrogen and oxygen atoms in total. The first-order chi connectivity index (χ1) is 19.6. The second kappa shape index (κ2) is 10.5. The van der Waals surface area contributed by atoms with Crippen LogP contribution in [-0.4, -0.2) is 36.3 Å². The van der Waals surface area contributed by atoms with Gasteiger partial charge < -0.3 is 5.11 Å². The molecule has 210 valence electrons. The number of hydrogen-bond donors (Lipinski definition) is 3. The topological polar surface area (TPSA) is 111 Å². The molecule has 0 radical (unpaired) electrons. The summed E-state index contributed by atoms with van der Waals surface area (Å²) in [6, 6.07) is 22.8. The highest BCUT2D eigenvalue weighted by Crippen LogP contribution is 2.46. The van der Waals surface area contributed by atoms with E-state index in [0.717, 1.165) is 57.6 Å². The van der Waals surface area contributed by atoms with Gasteiger partial charge in [-0.1, -0.05) is 60.2 Å². The average Bonchev–Trinajstić information content (AvgIpc) is 3.51. The van der Waals surface area contributed by atoms with E-state index in [1.165, 1.54) is 16.9 Å². The van der Waals surface area contributed by atoms with Crippen LogP contribution in [0.1, 0.15) is 57.2 Å². The van der Waals surface area contributed by atoms with Gasteiger partial charge in [0.05, 0.1) is 11.4 Å². The summed E-state index contributed by atoms with van der Waals surface area (Å²) in [5, 5.41) is 22.7. The largest absolute Gasteiger partial charge is 0.476 e. The van der Waals surface area contributed by atoms with Crippen LogP contribution in [0.15, 0.2) is 77.0 Å². The molecule has 0 spiro atoms. The first kappa shape index (κ1) is 27.3. The summed E-state index contributed by atoms with van der Waals surface area (Å²) in [7, 11) is -2.88. The van der Waals surface area contributed by atoms with Crippen LogP contribution >= 0.6 is 11.3 Å². The van der Waals surface area contributed by atoms with Crippen LogP contribution in [0.2, 0.25) is 0 Å². The summed E-state index contributed by atoms with van der Waals surface area (Å²) >= 11 is 1.29. The average molecular weight is 585 g/mol. The first-order valence-electron chi connectivity index (χ1n) is 13.5. The number of nitrogens with zero attached hydrogens (tertiary/aromatic N) is 3. The van der Waals surface area contributed by atoms with Crippen molar-refractivity contribution >= 4 is 27.4 Å². The number of aromatic carboxylic acids is 1. The normalized spacial score (nSPS) is 13.9. The maximum absolute atomic E-state index is 12.6. The van der Waals surface area contributed by atoms with Gasteiger partial charge in [-0.3, -0.25) is 9.35 Å². The van der Waals surface area contributed by atoms with Crippen LogP contribution in [0, 0.1) is 13.8 Å². The standard InChI is InChI=1S/C32H32N4O3S2/c1-19-7-10-22(11-8-19)24-5-4-6-25(17-24)29-26(16-21-9-14-28(20(2)15-21)41(3,33)39)30(23-12-13-23)36(35-29)32-34-27(18-40-32)31(37)38/h4-11,14-15,17-18,23,41H,12-13,16H2,1-3H3,(H2,33,39)(H,37,38). The molecular formula is C32H32N4O3S2. The molecular weight excluding hydrogens is 553 g/mol. The number of benzene rings is 3. The fourth-order valence-electron chi connectivity index (χ4n) is 5.37. The zero-order chi connectivity index (χ0) is 28.9. The Morgan fingerprint density at radius 1 is 1.05 bits per heavy atom. The maximum atomic E-state index is 12.6. The SMILES string of the molecule is Cc1ccc(-c2cccc(-c3nn(-c4nc(C(=O)O)cs4)c(C4CC4)c3Cc3ccc([SH](C)(N)=O)c(C)c3)c2)cc1. The predicted octanol–water partition coefficient (Wildman–Crippen LogP) is 6.33. The number of aryl methyl sites for hydroxylation is 2. The molecule has 5 aromatic rings. The van der Waals surface area contributed by atoms with Crippen molar-refractivity contribution in [3.63, 3.8) is 0 Å². The number of thiol groups is 1. The molecule has 41 heavy (non-hydrogen) atoms. The fraction of sp³-hybridized carbons (Fsp3) is 0.219. The van der Waals surface area contributed by atoms with Crippen molar-refractivity contribution in [3.8, 4) is 27.5 Å². The number of aromatic nitrogens is 3. The van der Waals surface area contributed by atoms with Gasteiger partial charge in [0.25, 0.3) is 0 Å². The van der Waals surface area contributed by atoms with Crippen LogP contribution in [0.4, 0.5) is 0 Å². The van der Waals surface area contributed by atoms with Gasteiger partial charge in [0.2, 0.25) is 5.13 Å². The Morgan fingerprint density at radius 2 is 1.78 bits per heavy atom. The highest BCUT2D eigenvalue weighted by molar-refractivity contribution is 8.00. The van der Waals surface area contributed by atoms with Gasteiger partial charge in [-0.05, 0) is 71.2 Å². The van der Waals surface area contributed by atoms with Crippen LogP contribution in [0.3, 0.4) is 0 Å². The minimum Gasteiger partial charge on any atom is -0.476 e. The Bertz CT molecular complexity index is 1830. The van der Waals surface area contributed by atoms with Gasteiger partial charge in [0, 0.05) is 40.0 Å². The van der Waals surface area contributed by atoms with Gasteiger partial charge >= 0.3 is 5.97 Å². The third kappa shape index (κ3) is 5.53. The zero-order valence-corrected chi connectivity index (χ0v) is 24.9. The van der Waals surface area contributed by atoms with E-state index in [9.17, 15) is 14.1 Å². The smallest absolute Gasteiger partial charge is 0.355 e. The van der Waals surface area contributed by atoms with Crippen molar-refractivity contribution in [2.75, 3.05) is 6.26 Å². The Hall–Kier alpha value is -3.92. The van der Waals surface area contributed by atoms with Crippen molar-refractivity contribution in [1.82, 2.24) is 14.8 Å². The van der Waals surface area contributed by atoms with E-state index in [2.05, 4.69) is 66.5 Å². The van der Waals surface area contributed by atoms with E-state index in [1.54, 1.807) is 11.6 Å². The minimum absolute atomic E-state index is 0.0173. The van der Waals surface area contributed by atoms with Crippen molar-refractivity contribution in [2.45, 2.75) is 43.9 Å². The number of carboxylic acid groups (broad SMARTS) is 1. The second-order valence-electron chi connectivity index (χ2n) is 11.0. The number of nitrogens with two attached hydrogens (primary N) is 1. The first-order valence-corrected chi connectivity index (χ1v) is 16.6. The number of thiazole rings is 1. The third-order valence-electron chi connectivity index (χ3n) is 7.52. The molecule has 0 bridgehead atoms. The maximum Gasteiger partial charge on any atom is 0.355 e. The summed E-state index contributed by atoms with van der Waals surface area (Å²) < 4.78 is 14.5. The van der Waals surface area contributed by atoms with E-state index in [-0.39, 0.29) is 5.69 Å². The van der Waals surface area contributed by atoms with Gasteiger partial charge in [-0.15, -0.1) is 11.3 Å². The molecule has 1 aliphatic carbocycles. The summed E-state index contributed by atoms with van der Waals surface area (Å²) in [4.78, 5) is 16.7. The summed E-state index contributed by atoms with van der Waals surface area (Å²) in [6.07, 6.45) is 4.29. The lowest BCUT2D eigenvalue weighted by atomic mass is 9.95. The lowest BCUT2D eigenvalue weighted by molar-refractivity contribution is 0.0691. The molecule has 9 heteroatoms. The quantitative estimate of drug-likeness (QED) is 0.185. The van der Waals surface area contributed by atoms with Crippen molar-refractivity contribution in [1.29, 1.82) is 0 Å². The summed E-state index contributed by atoms with van der Waals surface area (Å²) in [5.74, 6) is -0.730. The van der Waals surface area contributed by atoms with Crippen molar-refractivity contribution < 1.29 is 14.1 Å². The van der Waals surface area contributed by atoms with E-state index in [0.29, 0.717) is 22.4 Å². The van der Waals surface area contributed by atoms with Crippen LogP contribution in [-0.2, 0) is 16.5 Å². The number of rotatable bonds is 8. The molecule has 1 aliphatic rings. The van der Waals surface area contributed by atoms with Crippen LogP contribution < -0.4 is 5.14 Å². The Balaban J connectivity index is 1.52. The molecule has 6 rings (SSSR count). The molecule has 2 aromatic heterocycles. The van der Waals surface area contributed by atoms with Gasteiger partial charge in [0.1, 0.15) is 0 Å². The molecule has 1 saturated carbocycles. The monoisotopic (exact) mass is 584 g/mol. The molecule has 1 fully saturated rings. The lowest BCUT2D eigenvalue weighted by Gasteiger charge is -2.17. The highest BCUT2D eigenvalue weighted by atomic mass is 32.3. The zero-order valence-electron chi connectivity index (χ0n) is 23.2. The number of carboxylic acids is 1. The van der Waals surface area contributed by atoms with Crippen molar-refractivity contribution in [2.24, 2.45) is 5.14 Å². The molecule has 0 amide bonds. The van der Waals surface area contributed by atoms with Crippen molar-refractivity contribution in [3.05, 3.63) is 106 Å². The predicted molar refractivity (Wildman–Crippen MR) is 166 cm³/mol. The Labute approximate surface area is 244 Å². The second-order valence-corrected chi connectivity index (χ2v) is 14.3. The Kier molecular flexibility index (Phi) is 6.97. The molecule has 3 aromatic carbocycles. The van der Waals surface area contributed by atoms with Gasteiger partial charge in [-0.25, -0.2) is 14.5 Å². The number of carbonyl (C=O) groups is 1. The minimum atomic E-state index is -2.88.